The molecule has 2 amide bonds. The van der Waals surface area contributed by atoms with Gasteiger partial charge in [-0.25, -0.2) is 0 Å². The van der Waals surface area contributed by atoms with Crippen molar-refractivity contribution in [2.45, 2.75) is 56.9 Å². The number of ether oxygens (including phenoxy) is 2. The van der Waals surface area contributed by atoms with Crippen LogP contribution in [0, 0.1) is 11.8 Å². The average Bonchev–Trinajstić information content (AvgIpc) is 3.34. The summed E-state index contributed by atoms with van der Waals surface area (Å²) in [6.45, 7) is 11.4. The molecule has 2 unspecified atom stereocenters. The molecule has 3 rings (SSSR count). The molecule has 2 bridgehead atoms. The fourth-order valence-electron chi connectivity index (χ4n) is 5.24. The zero-order chi connectivity index (χ0) is 22.1. The number of esters is 1. The number of hydrogen-bond acceptors (Lipinski definition) is 6. The first-order valence-corrected chi connectivity index (χ1v) is 10.6. The monoisotopic (exact) mass is 420 g/mol. The number of β-amino-alcohol motifs (C(OH)–C–C–N with tert-alkyl or cyclic N) is 1. The van der Waals surface area contributed by atoms with Crippen molar-refractivity contribution in [2.24, 2.45) is 11.8 Å². The molecule has 8 heteroatoms. The second-order valence-corrected chi connectivity index (χ2v) is 8.43. The third kappa shape index (κ3) is 3.46. The second-order valence-electron chi connectivity index (χ2n) is 8.43. The minimum absolute atomic E-state index is 0.0137. The first kappa shape index (κ1) is 22.5. The van der Waals surface area contributed by atoms with Crippen LogP contribution in [0.1, 0.15) is 33.1 Å². The summed E-state index contributed by atoms with van der Waals surface area (Å²) < 4.78 is 11.6. The highest BCUT2D eigenvalue weighted by atomic mass is 16.6. The Hall–Kier alpha value is -2.19. The Morgan fingerprint density at radius 1 is 1.40 bits per heavy atom. The molecule has 3 heterocycles. The number of aliphatic hydroxyl groups excluding tert-OH is 1. The maximum Gasteiger partial charge on any atom is 0.312 e. The van der Waals surface area contributed by atoms with Crippen LogP contribution in [0.5, 0.6) is 0 Å². The molecule has 3 aliphatic rings. The van der Waals surface area contributed by atoms with Gasteiger partial charge < -0.3 is 24.4 Å². The summed E-state index contributed by atoms with van der Waals surface area (Å²) in [6.07, 6.45) is 4.50. The number of aliphatic hydroxyl groups is 1. The van der Waals surface area contributed by atoms with Crippen molar-refractivity contribution in [3.63, 3.8) is 0 Å². The van der Waals surface area contributed by atoms with Crippen LogP contribution in [0.25, 0.3) is 0 Å². The van der Waals surface area contributed by atoms with Crippen LogP contribution in [0.2, 0.25) is 0 Å². The molecule has 1 N–H and O–H groups in total. The van der Waals surface area contributed by atoms with E-state index in [4.69, 9.17) is 9.47 Å². The second kappa shape index (κ2) is 8.89. The summed E-state index contributed by atoms with van der Waals surface area (Å²) in [5.74, 6) is -2.54. The predicted octanol–water partition coefficient (Wildman–Crippen LogP) is 0.896. The maximum atomic E-state index is 13.6. The SMILES string of the molecule is C=CCCOC(=O)[C@@H]1[C@H]2C(=O)N(CCO)C(C(=O)N(CC=C)C(C)C)C23CC[C@H]1O3. The van der Waals surface area contributed by atoms with Crippen molar-refractivity contribution in [3.05, 3.63) is 25.3 Å². The van der Waals surface area contributed by atoms with Crippen molar-refractivity contribution < 1.29 is 29.0 Å². The molecule has 0 aromatic carbocycles. The van der Waals surface area contributed by atoms with Crippen molar-refractivity contribution >= 4 is 17.8 Å². The number of carbonyl (C=O) groups excluding carboxylic acids is 3. The number of likely N-dealkylation sites (tertiary alicyclic amines) is 1. The van der Waals surface area contributed by atoms with E-state index in [2.05, 4.69) is 13.2 Å². The molecule has 0 aliphatic carbocycles. The minimum Gasteiger partial charge on any atom is -0.465 e. The third-order valence-electron chi connectivity index (χ3n) is 6.45. The molecule has 3 aliphatic heterocycles. The quantitative estimate of drug-likeness (QED) is 0.320. The zero-order valence-corrected chi connectivity index (χ0v) is 17.8. The smallest absolute Gasteiger partial charge is 0.312 e. The normalized spacial score (nSPS) is 31.7. The van der Waals surface area contributed by atoms with Gasteiger partial charge in [0.1, 0.15) is 11.6 Å². The van der Waals surface area contributed by atoms with Gasteiger partial charge in [-0.3, -0.25) is 14.4 Å². The Labute approximate surface area is 177 Å². The largest absolute Gasteiger partial charge is 0.465 e. The maximum absolute atomic E-state index is 13.6. The van der Waals surface area contributed by atoms with Gasteiger partial charge in [0.15, 0.2) is 0 Å². The lowest BCUT2D eigenvalue weighted by Crippen LogP contribution is -2.57. The van der Waals surface area contributed by atoms with E-state index in [0.717, 1.165) is 0 Å². The van der Waals surface area contributed by atoms with Crippen molar-refractivity contribution in [1.29, 1.82) is 0 Å². The third-order valence-corrected chi connectivity index (χ3v) is 6.45. The van der Waals surface area contributed by atoms with Gasteiger partial charge in [0.05, 0.1) is 31.2 Å². The van der Waals surface area contributed by atoms with Gasteiger partial charge in [0.2, 0.25) is 11.8 Å². The fourth-order valence-corrected chi connectivity index (χ4v) is 5.24. The molecule has 0 aromatic heterocycles. The van der Waals surface area contributed by atoms with Crippen LogP contribution >= 0.6 is 0 Å². The average molecular weight is 421 g/mol. The van der Waals surface area contributed by atoms with Crippen molar-refractivity contribution in [2.75, 3.05) is 26.3 Å². The first-order valence-electron chi connectivity index (χ1n) is 10.6. The Morgan fingerprint density at radius 3 is 2.73 bits per heavy atom. The van der Waals surface area contributed by atoms with E-state index in [1.54, 1.807) is 17.1 Å². The molecule has 8 nitrogen and oxygen atoms in total. The first-order chi connectivity index (χ1) is 14.3. The molecular formula is C22H32N2O6. The van der Waals surface area contributed by atoms with Crippen LogP contribution in [0.3, 0.4) is 0 Å². The Bertz CT molecular complexity index is 722. The molecule has 0 saturated carbocycles. The molecule has 3 saturated heterocycles. The number of nitrogens with zero attached hydrogens (tertiary/aromatic N) is 2. The Morgan fingerprint density at radius 2 is 2.13 bits per heavy atom. The summed E-state index contributed by atoms with van der Waals surface area (Å²) in [4.78, 5) is 42.9. The molecule has 0 aromatic rings. The highest BCUT2D eigenvalue weighted by Gasteiger charge is 2.75. The summed E-state index contributed by atoms with van der Waals surface area (Å²) in [7, 11) is 0. The fraction of sp³-hybridized carbons (Fsp3) is 0.682. The molecular weight excluding hydrogens is 388 g/mol. The minimum atomic E-state index is -1.07. The van der Waals surface area contributed by atoms with Gasteiger partial charge in [-0.15, -0.1) is 13.2 Å². The predicted molar refractivity (Wildman–Crippen MR) is 109 cm³/mol. The number of carbonyl (C=O) groups is 3. The van der Waals surface area contributed by atoms with Crippen LogP contribution in [-0.2, 0) is 23.9 Å². The lowest BCUT2D eigenvalue weighted by molar-refractivity contribution is -0.155. The Balaban J connectivity index is 1.96. The summed E-state index contributed by atoms with van der Waals surface area (Å²) in [5, 5.41) is 9.57. The van der Waals surface area contributed by atoms with Crippen molar-refractivity contribution in [1.82, 2.24) is 9.80 Å². The van der Waals surface area contributed by atoms with E-state index >= 15 is 0 Å². The summed E-state index contributed by atoms with van der Waals surface area (Å²) in [6, 6.07) is -0.976. The van der Waals surface area contributed by atoms with Crippen LogP contribution in [0.15, 0.2) is 25.3 Å². The zero-order valence-electron chi connectivity index (χ0n) is 17.8. The van der Waals surface area contributed by atoms with Gasteiger partial charge in [0, 0.05) is 19.1 Å². The summed E-state index contributed by atoms with van der Waals surface area (Å²) >= 11 is 0. The molecule has 1 spiro atoms. The molecule has 30 heavy (non-hydrogen) atoms. The van der Waals surface area contributed by atoms with Gasteiger partial charge in [-0.05, 0) is 33.1 Å². The highest BCUT2D eigenvalue weighted by Crippen LogP contribution is 2.58. The lowest BCUT2D eigenvalue weighted by Gasteiger charge is -2.38. The molecule has 166 valence electrons. The van der Waals surface area contributed by atoms with Gasteiger partial charge in [-0.1, -0.05) is 12.2 Å². The van der Waals surface area contributed by atoms with Gasteiger partial charge in [0.25, 0.3) is 0 Å². The van der Waals surface area contributed by atoms with E-state index in [0.29, 0.717) is 25.8 Å². The van der Waals surface area contributed by atoms with E-state index < -0.39 is 35.6 Å². The van der Waals surface area contributed by atoms with Crippen molar-refractivity contribution in [3.8, 4) is 0 Å². The lowest BCUT2D eigenvalue weighted by atomic mass is 9.70. The van der Waals surface area contributed by atoms with Crippen LogP contribution in [0.4, 0.5) is 0 Å². The van der Waals surface area contributed by atoms with Gasteiger partial charge in [-0.2, -0.15) is 0 Å². The summed E-state index contributed by atoms with van der Waals surface area (Å²) in [5.41, 5.74) is -1.07. The van der Waals surface area contributed by atoms with E-state index in [-0.39, 0.29) is 37.6 Å². The highest BCUT2D eigenvalue weighted by molar-refractivity contribution is 5.98. The molecule has 0 radical (unpaired) electrons. The number of hydrogen-bond donors (Lipinski definition) is 1. The standard InChI is InChI=1S/C22H32N2O6/c1-5-7-13-29-21(28)16-15-8-9-22(30-15)17(16)19(26)24(11-12-25)18(22)20(27)23(10-6-2)14(3)4/h5-6,14-18,25H,1-2,7-13H2,3-4H3/t15-,16+,17+,18?,22?/m1/s1. The van der Waals surface area contributed by atoms with Crippen LogP contribution in [-0.4, -0.2) is 82.8 Å². The topological polar surface area (TPSA) is 96.4 Å². The number of rotatable bonds is 10. The Kier molecular flexibility index (Phi) is 6.67. The van der Waals surface area contributed by atoms with E-state index in [1.807, 2.05) is 13.8 Å². The number of amides is 2. The van der Waals surface area contributed by atoms with Gasteiger partial charge >= 0.3 is 5.97 Å². The van der Waals surface area contributed by atoms with E-state index in [9.17, 15) is 19.5 Å². The molecule has 3 fully saturated rings. The van der Waals surface area contributed by atoms with Crippen LogP contribution < -0.4 is 0 Å². The van der Waals surface area contributed by atoms with E-state index in [1.165, 1.54) is 4.90 Å². The number of fused-ring (bicyclic) bond motifs is 1. The molecule has 5 atom stereocenters.